The van der Waals surface area contributed by atoms with Crippen LogP contribution in [0, 0.1) is 0 Å². The molecule has 27 heavy (non-hydrogen) atoms. The van der Waals surface area contributed by atoms with Crippen LogP contribution in [0.4, 0.5) is 0 Å². The summed E-state index contributed by atoms with van der Waals surface area (Å²) >= 11 is 0. The minimum absolute atomic E-state index is 0.00158. The highest BCUT2D eigenvalue weighted by Gasteiger charge is 2.23. The lowest BCUT2D eigenvalue weighted by Crippen LogP contribution is -2.31. The van der Waals surface area contributed by atoms with E-state index in [1.54, 1.807) is 25.1 Å². The second kappa shape index (κ2) is 7.43. The number of rotatable bonds is 4. The maximum absolute atomic E-state index is 12.3. The standard InChI is InChI=1S/C22H22O5/c1-14(21(23)26-15-7-3-2-4-8-15)25-16-11-12-18-17-9-5-6-10-19(17)22(24)27-20(18)13-16/h5-6,9-15H,2-4,7-8H2,1H3. The second-order valence-electron chi connectivity index (χ2n) is 7.05. The lowest BCUT2D eigenvalue weighted by molar-refractivity contribution is -0.158. The molecule has 1 aliphatic carbocycles. The Morgan fingerprint density at radius 2 is 1.78 bits per heavy atom. The van der Waals surface area contributed by atoms with Gasteiger partial charge in [-0.05, 0) is 56.2 Å². The lowest BCUT2D eigenvalue weighted by Gasteiger charge is -2.23. The Balaban J connectivity index is 1.54. The van der Waals surface area contributed by atoms with E-state index in [9.17, 15) is 9.59 Å². The number of hydrogen-bond acceptors (Lipinski definition) is 5. The van der Waals surface area contributed by atoms with E-state index in [-0.39, 0.29) is 17.7 Å². The number of hydrogen-bond donors (Lipinski definition) is 0. The third-order valence-electron chi connectivity index (χ3n) is 5.07. The fraction of sp³-hybridized carbons (Fsp3) is 0.364. The van der Waals surface area contributed by atoms with Gasteiger partial charge in [-0.3, -0.25) is 0 Å². The van der Waals surface area contributed by atoms with Gasteiger partial charge < -0.3 is 13.9 Å². The number of fused-ring (bicyclic) bond motifs is 3. The van der Waals surface area contributed by atoms with E-state index in [0.29, 0.717) is 16.7 Å². The quantitative estimate of drug-likeness (QED) is 0.384. The monoisotopic (exact) mass is 366 g/mol. The lowest BCUT2D eigenvalue weighted by atomic mass is 9.98. The Hall–Kier alpha value is -2.82. The van der Waals surface area contributed by atoms with Gasteiger partial charge in [0.1, 0.15) is 17.4 Å². The van der Waals surface area contributed by atoms with Gasteiger partial charge in [-0.1, -0.05) is 24.6 Å². The molecule has 1 unspecified atom stereocenters. The van der Waals surface area contributed by atoms with E-state index < -0.39 is 6.10 Å². The molecule has 5 heteroatoms. The summed E-state index contributed by atoms with van der Waals surface area (Å²) in [4.78, 5) is 24.5. The summed E-state index contributed by atoms with van der Waals surface area (Å²) in [5.41, 5.74) is 0.0454. The van der Waals surface area contributed by atoms with Crippen molar-refractivity contribution in [2.24, 2.45) is 0 Å². The summed E-state index contributed by atoms with van der Waals surface area (Å²) in [6.07, 6.45) is 4.53. The first-order valence-electron chi connectivity index (χ1n) is 9.44. The van der Waals surface area contributed by atoms with Gasteiger partial charge in [0.25, 0.3) is 0 Å². The topological polar surface area (TPSA) is 65.7 Å². The van der Waals surface area contributed by atoms with Gasteiger partial charge in [0.15, 0.2) is 6.10 Å². The maximum atomic E-state index is 12.3. The highest BCUT2D eigenvalue weighted by Crippen LogP contribution is 2.27. The van der Waals surface area contributed by atoms with Gasteiger partial charge in [-0.15, -0.1) is 0 Å². The van der Waals surface area contributed by atoms with E-state index >= 15 is 0 Å². The highest BCUT2D eigenvalue weighted by atomic mass is 16.6. The first kappa shape index (κ1) is 17.6. The largest absolute Gasteiger partial charge is 0.479 e. The first-order valence-corrected chi connectivity index (χ1v) is 9.44. The van der Waals surface area contributed by atoms with Gasteiger partial charge >= 0.3 is 11.6 Å². The van der Waals surface area contributed by atoms with Crippen LogP contribution in [0.1, 0.15) is 39.0 Å². The number of carbonyl (C=O) groups excluding carboxylic acids is 1. The average molecular weight is 366 g/mol. The van der Waals surface area contributed by atoms with Gasteiger partial charge in [0.05, 0.1) is 5.39 Å². The van der Waals surface area contributed by atoms with Crippen LogP contribution in [0.25, 0.3) is 21.7 Å². The van der Waals surface area contributed by atoms with Crippen LogP contribution in [0.3, 0.4) is 0 Å². The summed E-state index contributed by atoms with van der Waals surface area (Å²) in [6.45, 7) is 1.67. The van der Waals surface area contributed by atoms with Gasteiger partial charge in [0.2, 0.25) is 0 Å². The normalized spacial score (nSPS) is 16.3. The van der Waals surface area contributed by atoms with Crippen LogP contribution in [-0.4, -0.2) is 18.2 Å². The average Bonchev–Trinajstić information content (AvgIpc) is 2.69. The molecule has 0 saturated heterocycles. The molecular formula is C22H22O5. The molecule has 1 saturated carbocycles. The number of benzene rings is 2. The summed E-state index contributed by atoms with van der Waals surface area (Å²) < 4.78 is 16.7. The summed E-state index contributed by atoms with van der Waals surface area (Å²) in [6, 6.07) is 12.6. The molecule has 0 bridgehead atoms. The molecule has 140 valence electrons. The molecule has 4 rings (SSSR count). The van der Waals surface area contributed by atoms with E-state index in [0.717, 1.165) is 36.5 Å². The number of carbonyl (C=O) groups is 1. The predicted molar refractivity (Wildman–Crippen MR) is 103 cm³/mol. The smallest absolute Gasteiger partial charge is 0.347 e. The van der Waals surface area contributed by atoms with Crippen LogP contribution >= 0.6 is 0 Å². The highest BCUT2D eigenvalue weighted by molar-refractivity contribution is 6.04. The number of ether oxygens (including phenoxy) is 2. The second-order valence-corrected chi connectivity index (χ2v) is 7.05. The Kier molecular flexibility index (Phi) is 4.84. The Morgan fingerprint density at radius 1 is 1.04 bits per heavy atom. The Labute approximate surface area is 156 Å². The Morgan fingerprint density at radius 3 is 2.56 bits per heavy atom. The molecule has 0 N–H and O–H groups in total. The summed E-state index contributed by atoms with van der Waals surface area (Å²) in [5.74, 6) is 0.107. The third-order valence-corrected chi connectivity index (χ3v) is 5.07. The fourth-order valence-corrected chi connectivity index (χ4v) is 3.63. The molecule has 5 nitrogen and oxygen atoms in total. The summed E-state index contributed by atoms with van der Waals surface area (Å²) in [5, 5.41) is 2.21. The van der Waals surface area contributed by atoms with Crippen molar-refractivity contribution in [2.45, 2.75) is 51.2 Å². The third kappa shape index (κ3) is 3.68. The fourth-order valence-electron chi connectivity index (χ4n) is 3.63. The van der Waals surface area contributed by atoms with Crippen molar-refractivity contribution in [3.05, 3.63) is 52.9 Å². The predicted octanol–water partition coefficient (Wildman–Crippen LogP) is 4.59. The zero-order valence-electron chi connectivity index (χ0n) is 15.3. The van der Waals surface area contributed by atoms with Crippen molar-refractivity contribution in [1.82, 2.24) is 0 Å². The van der Waals surface area contributed by atoms with Crippen molar-refractivity contribution in [3.8, 4) is 5.75 Å². The molecule has 1 atom stereocenters. The molecule has 1 aromatic heterocycles. The molecule has 1 fully saturated rings. The minimum Gasteiger partial charge on any atom is -0.479 e. The van der Waals surface area contributed by atoms with E-state index in [1.165, 1.54) is 6.42 Å². The molecule has 0 amide bonds. The first-order chi connectivity index (χ1) is 13.1. The number of esters is 1. The van der Waals surface area contributed by atoms with E-state index in [4.69, 9.17) is 13.9 Å². The molecule has 0 radical (unpaired) electrons. The van der Waals surface area contributed by atoms with Crippen molar-refractivity contribution in [1.29, 1.82) is 0 Å². The molecule has 1 heterocycles. The van der Waals surface area contributed by atoms with Crippen LogP contribution < -0.4 is 10.4 Å². The van der Waals surface area contributed by atoms with Crippen LogP contribution in [0.5, 0.6) is 5.75 Å². The van der Waals surface area contributed by atoms with E-state index in [1.807, 2.05) is 24.3 Å². The van der Waals surface area contributed by atoms with Gasteiger partial charge in [-0.25, -0.2) is 9.59 Å². The molecule has 0 aliphatic heterocycles. The van der Waals surface area contributed by atoms with Gasteiger partial charge in [0, 0.05) is 11.5 Å². The van der Waals surface area contributed by atoms with Crippen LogP contribution in [0.2, 0.25) is 0 Å². The van der Waals surface area contributed by atoms with Crippen LogP contribution in [-0.2, 0) is 9.53 Å². The molecule has 3 aromatic rings. The maximum Gasteiger partial charge on any atom is 0.347 e. The van der Waals surface area contributed by atoms with E-state index in [2.05, 4.69) is 0 Å². The minimum atomic E-state index is -0.725. The van der Waals surface area contributed by atoms with Crippen LogP contribution in [0.15, 0.2) is 51.7 Å². The van der Waals surface area contributed by atoms with Crippen molar-refractivity contribution in [3.63, 3.8) is 0 Å². The molecule has 0 spiro atoms. The Bertz CT molecular complexity index is 1030. The zero-order chi connectivity index (χ0) is 18.8. The molecule has 1 aliphatic rings. The van der Waals surface area contributed by atoms with Crippen molar-refractivity contribution >= 4 is 27.7 Å². The van der Waals surface area contributed by atoms with Crippen molar-refractivity contribution < 1.29 is 18.7 Å². The SMILES string of the molecule is CC(Oc1ccc2c(c1)oc(=O)c1ccccc12)C(=O)OC1CCCCC1. The molecule has 2 aromatic carbocycles. The van der Waals surface area contributed by atoms with Gasteiger partial charge in [-0.2, -0.15) is 0 Å². The van der Waals surface area contributed by atoms with Crippen molar-refractivity contribution in [2.75, 3.05) is 0 Å². The molecular weight excluding hydrogens is 344 g/mol. The summed E-state index contributed by atoms with van der Waals surface area (Å²) in [7, 11) is 0. The zero-order valence-corrected chi connectivity index (χ0v) is 15.3.